The lowest BCUT2D eigenvalue weighted by Crippen LogP contribution is -2.10. The molecule has 3 nitrogen and oxygen atoms in total. The van der Waals surface area contributed by atoms with E-state index in [1.165, 1.54) is 12.5 Å². The molecule has 0 spiro atoms. The lowest BCUT2D eigenvalue weighted by Gasteiger charge is -2.13. The molecule has 1 fully saturated rings. The third kappa shape index (κ3) is 3.90. The standard InChI is InChI=1S/C20H21ClFN3/c1-13-4-8-17(10-13)25-20(12-23-24-25)15(3)6-5-14(2)16-7-9-19(22)18(21)11-16/h5-7,9,11-13,17H,2-4,8,10H2,1H3/b6-5-. The molecule has 1 aromatic heterocycles. The quantitative estimate of drug-likeness (QED) is 0.641. The van der Waals surface area contributed by atoms with E-state index in [1.54, 1.807) is 18.3 Å². The van der Waals surface area contributed by atoms with E-state index in [2.05, 4.69) is 30.4 Å². The fourth-order valence-corrected chi connectivity index (χ4v) is 3.40. The molecule has 1 aliphatic rings. The molecule has 0 radical (unpaired) electrons. The molecule has 0 bridgehead atoms. The van der Waals surface area contributed by atoms with Crippen molar-refractivity contribution >= 4 is 22.7 Å². The van der Waals surface area contributed by atoms with E-state index in [4.69, 9.17) is 11.6 Å². The van der Waals surface area contributed by atoms with Crippen LogP contribution in [0.3, 0.4) is 0 Å². The van der Waals surface area contributed by atoms with E-state index < -0.39 is 5.82 Å². The summed E-state index contributed by atoms with van der Waals surface area (Å²) in [5.41, 5.74) is 3.24. The van der Waals surface area contributed by atoms with Gasteiger partial charge in [-0.1, -0.05) is 55.1 Å². The van der Waals surface area contributed by atoms with Crippen molar-refractivity contribution in [2.45, 2.75) is 32.2 Å². The number of hydrogen-bond acceptors (Lipinski definition) is 2. The maximum absolute atomic E-state index is 13.3. The average molecular weight is 358 g/mol. The van der Waals surface area contributed by atoms with E-state index in [1.807, 2.05) is 16.8 Å². The van der Waals surface area contributed by atoms with Crippen molar-refractivity contribution in [3.05, 3.63) is 71.8 Å². The number of aromatic nitrogens is 3. The zero-order chi connectivity index (χ0) is 18.0. The Balaban J connectivity index is 1.74. The van der Waals surface area contributed by atoms with Gasteiger partial charge in [0, 0.05) is 0 Å². The van der Waals surface area contributed by atoms with Gasteiger partial charge in [-0.05, 0) is 54.0 Å². The van der Waals surface area contributed by atoms with Gasteiger partial charge in [0.25, 0.3) is 0 Å². The first kappa shape index (κ1) is 17.6. The monoisotopic (exact) mass is 357 g/mol. The molecule has 1 aromatic carbocycles. The average Bonchev–Trinajstić information content (AvgIpc) is 3.23. The van der Waals surface area contributed by atoms with Gasteiger partial charge < -0.3 is 0 Å². The molecule has 1 saturated carbocycles. The van der Waals surface area contributed by atoms with Gasteiger partial charge in [-0.15, -0.1) is 5.10 Å². The van der Waals surface area contributed by atoms with Crippen LogP contribution in [0.25, 0.3) is 11.1 Å². The van der Waals surface area contributed by atoms with Crippen LogP contribution in [0.5, 0.6) is 0 Å². The molecule has 1 heterocycles. The highest BCUT2D eigenvalue weighted by Gasteiger charge is 2.25. The number of halogens is 2. The molecule has 3 rings (SSSR count). The van der Waals surface area contributed by atoms with Crippen LogP contribution in [-0.2, 0) is 0 Å². The van der Waals surface area contributed by atoms with Crippen LogP contribution < -0.4 is 0 Å². The first-order valence-corrected chi connectivity index (χ1v) is 8.75. The largest absolute Gasteiger partial charge is 0.242 e. The Bertz CT molecular complexity index is 837. The van der Waals surface area contributed by atoms with Crippen LogP contribution in [-0.4, -0.2) is 15.0 Å². The maximum atomic E-state index is 13.3. The topological polar surface area (TPSA) is 30.7 Å². The normalized spacial score (nSPS) is 20.3. The fourth-order valence-electron chi connectivity index (χ4n) is 3.22. The van der Waals surface area contributed by atoms with Crippen LogP contribution in [0.1, 0.15) is 43.5 Å². The predicted octanol–water partition coefficient (Wildman–Crippen LogP) is 5.71. The number of nitrogens with zero attached hydrogens (tertiary/aromatic N) is 3. The Morgan fingerprint density at radius 2 is 2.04 bits per heavy atom. The number of allylic oxidation sites excluding steroid dienone is 4. The van der Waals surface area contributed by atoms with Crippen molar-refractivity contribution in [2.75, 3.05) is 0 Å². The van der Waals surface area contributed by atoms with Crippen molar-refractivity contribution in [2.24, 2.45) is 5.92 Å². The molecule has 0 saturated heterocycles. The zero-order valence-electron chi connectivity index (χ0n) is 14.3. The molecule has 1 aliphatic carbocycles. The summed E-state index contributed by atoms with van der Waals surface area (Å²) in [4.78, 5) is 0. The molecular weight excluding hydrogens is 337 g/mol. The zero-order valence-corrected chi connectivity index (χ0v) is 15.0. The van der Waals surface area contributed by atoms with Crippen LogP contribution in [0, 0.1) is 11.7 Å². The highest BCUT2D eigenvalue weighted by atomic mass is 35.5. The molecule has 0 amide bonds. The first-order valence-electron chi connectivity index (χ1n) is 8.37. The molecule has 2 atom stereocenters. The third-order valence-corrected chi connectivity index (χ3v) is 4.98. The van der Waals surface area contributed by atoms with Crippen LogP contribution in [0.4, 0.5) is 4.39 Å². The van der Waals surface area contributed by atoms with Crippen molar-refractivity contribution < 1.29 is 4.39 Å². The summed E-state index contributed by atoms with van der Waals surface area (Å²) in [6.07, 6.45) is 8.93. The van der Waals surface area contributed by atoms with Gasteiger partial charge in [0.2, 0.25) is 0 Å². The van der Waals surface area contributed by atoms with Gasteiger partial charge >= 0.3 is 0 Å². The molecule has 0 N–H and O–H groups in total. The van der Waals surface area contributed by atoms with Gasteiger partial charge in [-0.3, -0.25) is 0 Å². The Labute approximate surface area is 152 Å². The second kappa shape index (κ2) is 7.36. The minimum absolute atomic E-state index is 0.0866. The van der Waals surface area contributed by atoms with Crippen molar-refractivity contribution in [1.29, 1.82) is 0 Å². The SMILES string of the molecule is C=C(/C=C\C(=C)c1cnnn1C1CCC(C)C1)c1ccc(F)c(Cl)c1. The summed E-state index contributed by atoms with van der Waals surface area (Å²) in [5.74, 6) is 0.279. The summed E-state index contributed by atoms with van der Waals surface area (Å²) in [6.45, 7) is 10.4. The van der Waals surface area contributed by atoms with Gasteiger partial charge in [0.05, 0.1) is 23.0 Å². The maximum Gasteiger partial charge on any atom is 0.141 e. The molecular formula is C20H21ClFN3. The summed E-state index contributed by atoms with van der Waals surface area (Å²) < 4.78 is 15.3. The van der Waals surface area contributed by atoms with E-state index in [9.17, 15) is 4.39 Å². The first-order chi connectivity index (χ1) is 12.0. The van der Waals surface area contributed by atoms with E-state index in [0.29, 0.717) is 12.0 Å². The predicted molar refractivity (Wildman–Crippen MR) is 101 cm³/mol. The van der Waals surface area contributed by atoms with E-state index in [0.717, 1.165) is 35.2 Å². The highest BCUT2D eigenvalue weighted by Crippen LogP contribution is 2.35. The Hall–Kier alpha value is -2.20. The minimum atomic E-state index is -0.438. The second-order valence-corrected chi connectivity index (χ2v) is 7.06. The highest BCUT2D eigenvalue weighted by molar-refractivity contribution is 6.30. The minimum Gasteiger partial charge on any atom is -0.242 e. The van der Waals surface area contributed by atoms with Gasteiger partial charge in [0.1, 0.15) is 5.82 Å². The second-order valence-electron chi connectivity index (χ2n) is 6.65. The fraction of sp³-hybridized carbons (Fsp3) is 0.300. The van der Waals surface area contributed by atoms with Crippen LogP contribution >= 0.6 is 11.6 Å². The van der Waals surface area contributed by atoms with Crippen LogP contribution in [0.15, 0.2) is 49.7 Å². The summed E-state index contributed by atoms with van der Waals surface area (Å²) in [6, 6.07) is 4.95. The van der Waals surface area contributed by atoms with Crippen molar-refractivity contribution in [3.8, 4) is 0 Å². The molecule has 25 heavy (non-hydrogen) atoms. The van der Waals surface area contributed by atoms with E-state index >= 15 is 0 Å². The summed E-state index contributed by atoms with van der Waals surface area (Å²) in [7, 11) is 0. The summed E-state index contributed by atoms with van der Waals surface area (Å²) >= 11 is 5.83. The summed E-state index contributed by atoms with van der Waals surface area (Å²) in [5, 5.41) is 8.39. The van der Waals surface area contributed by atoms with E-state index in [-0.39, 0.29) is 5.02 Å². The Morgan fingerprint density at radius 3 is 2.72 bits per heavy atom. The number of benzene rings is 1. The van der Waals surface area contributed by atoms with Crippen LogP contribution in [0.2, 0.25) is 5.02 Å². The lowest BCUT2D eigenvalue weighted by atomic mass is 10.1. The molecule has 2 aromatic rings. The van der Waals surface area contributed by atoms with Gasteiger partial charge in [-0.25, -0.2) is 9.07 Å². The number of rotatable bonds is 5. The van der Waals surface area contributed by atoms with Gasteiger partial charge in [-0.2, -0.15) is 0 Å². The molecule has 2 unspecified atom stereocenters. The molecule has 0 aliphatic heterocycles. The number of hydrogen-bond donors (Lipinski definition) is 0. The van der Waals surface area contributed by atoms with Crippen molar-refractivity contribution in [1.82, 2.24) is 15.0 Å². The smallest absolute Gasteiger partial charge is 0.141 e. The van der Waals surface area contributed by atoms with Crippen molar-refractivity contribution in [3.63, 3.8) is 0 Å². The Kier molecular flexibility index (Phi) is 5.19. The van der Waals surface area contributed by atoms with Gasteiger partial charge in [0.15, 0.2) is 0 Å². The Morgan fingerprint density at radius 1 is 1.28 bits per heavy atom. The molecule has 5 heteroatoms. The molecule has 130 valence electrons. The lowest BCUT2D eigenvalue weighted by molar-refractivity contribution is 0.435. The third-order valence-electron chi connectivity index (χ3n) is 4.69.